The SMILES string of the molecule is COc1ccccc1-n1nc(C(=O)Nc2nc3c(C)cccc3s2)c(O)cc1=O. The molecule has 0 bridgehead atoms. The van der Waals surface area contributed by atoms with Crippen LogP contribution >= 0.6 is 11.3 Å². The van der Waals surface area contributed by atoms with E-state index in [0.717, 1.165) is 26.5 Å². The summed E-state index contributed by atoms with van der Waals surface area (Å²) in [5.74, 6) is -0.792. The molecule has 0 aliphatic rings. The molecule has 0 fully saturated rings. The van der Waals surface area contributed by atoms with Crippen LogP contribution in [0, 0.1) is 6.92 Å². The smallest absolute Gasteiger partial charge is 0.281 e. The molecule has 2 heterocycles. The van der Waals surface area contributed by atoms with E-state index in [1.165, 1.54) is 18.4 Å². The summed E-state index contributed by atoms with van der Waals surface area (Å²) >= 11 is 1.31. The van der Waals surface area contributed by atoms with Crippen LogP contribution in [0.1, 0.15) is 16.1 Å². The molecule has 0 saturated heterocycles. The first-order chi connectivity index (χ1) is 14.0. The van der Waals surface area contributed by atoms with Crippen molar-refractivity contribution in [1.29, 1.82) is 0 Å². The number of anilines is 1. The van der Waals surface area contributed by atoms with Crippen LogP contribution < -0.4 is 15.6 Å². The number of thiazole rings is 1. The van der Waals surface area contributed by atoms with Crippen LogP contribution in [0.15, 0.2) is 53.3 Å². The number of benzene rings is 2. The van der Waals surface area contributed by atoms with E-state index < -0.39 is 17.2 Å². The second kappa shape index (κ2) is 7.36. The van der Waals surface area contributed by atoms with E-state index in [0.29, 0.717) is 16.6 Å². The Labute approximate surface area is 169 Å². The first-order valence-corrected chi connectivity index (χ1v) is 9.44. The number of methoxy groups -OCH3 is 1. The van der Waals surface area contributed by atoms with Gasteiger partial charge in [0.05, 0.1) is 17.3 Å². The molecule has 0 saturated carbocycles. The highest BCUT2D eigenvalue weighted by Gasteiger charge is 2.20. The number of carbonyl (C=O) groups is 1. The Morgan fingerprint density at radius 2 is 2.00 bits per heavy atom. The van der Waals surface area contributed by atoms with Crippen LogP contribution in [0.3, 0.4) is 0 Å². The highest BCUT2D eigenvalue weighted by molar-refractivity contribution is 7.22. The van der Waals surface area contributed by atoms with E-state index >= 15 is 0 Å². The van der Waals surface area contributed by atoms with E-state index in [1.54, 1.807) is 24.3 Å². The van der Waals surface area contributed by atoms with Crippen LogP contribution in [-0.4, -0.2) is 32.9 Å². The molecule has 146 valence electrons. The molecular formula is C20H16N4O4S. The van der Waals surface area contributed by atoms with Crippen molar-refractivity contribution in [1.82, 2.24) is 14.8 Å². The van der Waals surface area contributed by atoms with Gasteiger partial charge in [-0.25, -0.2) is 4.98 Å². The van der Waals surface area contributed by atoms with E-state index in [2.05, 4.69) is 15.4 Å². The quantitative estimate of drug-likeness (QED) is 0.537. The molecule has 2 aromatic carbocycles. The summed E-state index contributed by atoms with van der Waals surface area (Å²) in [6.45, 7) is 1.93. The third-order valence-corrected chi connectivity index (χ3v) is 5.22. The van der Waals surface area contributed by atoms with Gasteiger partial charge in [-0.05, 0) is 30.7 Å². The fourth-order valence-electron chi connectivity index (χ4n) is 2.88. The summed E-state index contributed by atoms with van der Waals surface area (Å²) in [6.07, 6.45) is 0. The summed E-state index contributed by atoms with van der Waals surface area (Å²) in [5.41, 5.74) is 1.24. The Bertz CT molecular complexity index is 1300. The van der Waals surface area contributed by atoms with Crippen molar-refractivity contribution in [2.75, 3.05) is 12.4 Å². The number of nitrogens with zero attached hydrogens (tertiary/aromatic N) is 3. The van der Waals surface area contributed by atoms with Crippen molar-refractivity contribution in [3.63, 3.8) is 0 Å². The fraction of sp³-hybridized carbons (Fsp3) is 0.100. The van der Waals surface area contributed by atoms with Gasteiger partial charge in [0.15, 0.2) is 16.6 Å². The molecule has 4 rings (SSSR count). The average molecular weight is 408 g/mol. The van der Waals surface area contributed by atoms with Crippen LogP contribution in [0.25, 0.3) is 15.9 Å². The maximum Gasteiger partial charge on any atom is 0.281 e. The Morgan fingerprint density at radius 3 is 2.76 bits per heavy atom. The Hall–Kier alpha value is -3.72. The molecule has 0 spiro atoms. The number of rotatable bonds is 4. The minimum absolute atomic E-state index is 0.300. The fourth-order valence-corrected chi connectivity index (χ4v) is 3.82. The highest BCUT2D eigenvalue weighted by Crippen LogP contribution is 2.28. The van der Waals surface area contributed by atoms with Crippen molar-refractivity contribution in [2.24, 2.45) is 0 Å². The maximum atomic E-state index is 12.7. The van der Waals surface area contributed by atoms with Crippen molar-refractivity contribution < 1.29 is 14.6 Å². The summed E-state index contributed by atoms with van der Waals surface area (Å²) in [7, 11) is 1.47. The number of fused-ring (bicyclic) bond motifs is 1. The number of nitrogens with one attached hydrogen (secondary N) is 1. The standard InChI is InChI=1S/C20H16N4O4S/c1-11-6-5-9-15-17(11)21-20(29-15)22-19(27)18-13(25)10-16(26)24(23-18)12-7-3-4-8-14(12)28-2/h3-10,25H,1-2H3,(H,21,22,27). The van der Waals surface area contributed by atoms with Crippen molar-refractivity contribution in [3.8, 4) is 17.2 Å². The molecule has 4 aromatic rings. The van der Waals surface area contributed by atoms with Crippen molar-refractivity contribution in [3.05, 3.63) is 70.1 Å². The normalized spacial score (nSPS) is 10.8. The first-order valence-electron chi connectivity index (χ1n) is 8.62. The van der Waals surface area contributed by atoms with Gasteiger partial charge >= 0.3 is 0 Å². The van der Waals surface area contributed by atoms with Crippen LogP contribution in [0.2, 0.25) is 0 Å². The van der Waals surface area contributed by atoms with Gasteiger partial charge in [0.1, 0.15) is 11.4 Å². The Morgan fingerprint density at radius 1 is 1.21 bits per heavy atom. The zero-order chi connectivity index (χ0) is 20.5. The van der Waals surface area contributed by atoms with Crippen molar-refractivity contribution >= 4 is 32.6 Å². The van der Waals surface area contributed by atoms with Gasteiger partial charge in [-0.2, -0.15) is 9.78 Å². The summed E-state index contributed by atoms with van der Waals surface area (Å²) in [4.78, 5) is 29.5. The van der Waals surface area contributed by atoms with Crippen LogP contribution in [0.5, 0.6) is 11.5 Å². The number of ether oxygens (including phenoxy) is 1. The average Bonchev–Trinajstić information content (AvgIpc) is 3.12. The lowest BCUT2D eigenvalue weighted by Gasteiger charge is -2.11. The lowest BCUT2D eigenvalue weighted by atomic mass is 10.2. The second-order valence-electron chi connectivity index (χ2n) is 6.19. The maximum absolute atomic E-state index is 12.7. The number of para-hydroxylation sites is 3. The molecule has 0 aliphatic carbocycles. The lowest BCUT2D eigenvalue weighted by molar-refractivity contribution is 0.101. The summed E-state index contributed by atoms with van der Waals surface area (Å²) in [6, 6.07) is 13.5. The zero-order valence-corrected chi connectivity index (χ0v) is 16.4. The number of hydrogen-bond acceptors (Lipinski definition) is 7. The summed E-state index contributed by atoms with van der Waals surface area (Å²) in [5, 5.41) is 17.2. The molecule has 29 heavy (non-hydrogen) atoms. The van der Waals surface area contributed by atoms with Gasteiger partial charge in [-0.1, -0.05) is 35.6 Å². The number of carbonyl (C=O) groups excluding carboxylic acids is 1. The molecule has 0 radical (unpaired) electrons. The van der Waals surface area contributed by atoms with E-state index in [1.807, 2.05) is 25.1 Å². The minimum atomic E-state index is -0.678. The monoisotopic (exact) mass is 408 g/mol. The van der Waals surface area contributed by atoms with Crippen LogP contribution in [0.4, 0.5) is 5.13 Å². The zero-order valence-electron chi connectivity index (χ0n) is 15.5. The number of amides is 1. The molecule has 2 N–H and O–H groups in total. The lowest BCUT2D eigenvalue weighted by Crippen LogP contribution is -2.25. The first kappa shape index (κ1) is 18.6. The van der Waals surface area contributed by atoms with E-state index in [9.17, 15) is 14.7 Å². The van der Waals surface area contributed by atoms with E-state index in [4.69, 9.17) is 4.74 Å². The van der Waals surface area contributed by atoms with Gasteiger partial charge in [-0.3, -0.25) is 14.9 Å². The minimum Gasteiger partial charge on any atom is -0.505 e. The Balaban J connectivity index is 1.73. The van der Waals surface area contributed by atoms with Gasteiger partial charge in [0.25, 0.3) is 11.5 Å². The third kappa shape index (κ3) is 3.43. The number of aromatic nitrogens is 3. The van der Waals surface area contributed by atoms with Crippen molar-refractivity contribution in [2.45, 2.75) is 6.92 Å². The largest absolute Gasteiger partial charge is 0.505 e. The topological polar surface area (TPSA) is 106 Å². The van der Waals surface area contributed by atoms with Gasteiger partial charge in [-0.15, -0.1) is 0 Å². The molecule has 8 nitrogen and oxygen atoms in total. The molecular weight excluding hydrogens is 392 g/mol. The van der Waals surface area contributed by atoms with Crippen LogP contribution in [-0.2, 0) is 0 Å². The molecule has 2 aromatic heterocycles. The Kier molecular flexibility index (Phi) is 4.73. The molecule has 1 amide bonds. The number of aryl methyl sites for hydroxylation is 1. The summed E-state index contributed by atoms with van der Waals surface area (Å²) < 4.78 is 7.19. The second-order valence-corrected chi connectivity index (χ2v) is 7.23. The molecule has 0 aliphatic heterocycles. The van der Waals surface area contributed by atoms with Gasteiger partial charge in [0.2, 0.25) is 0 Å². The van der Waals surface area contributed by atoms with Gasteiger partial charge < -0.3 is 9.84 Å². The third-order valence-electron chi connectivity index (χ3n) is 4.28. The van der Waals surface area contributed by atoms with E-state index in [-0.39, 0.29) is 5.69 Å². The predicted molar refractivity (Wildman–Crippen MR) is 110 cm³/mol. The molecule has 0 atom stereocenters. The number of aromatic hydroxyl groups is 1. The number of hydrogen-bond donors (Lipinski definition) is 2. The molecule has 9 heteroatoms. The molecule has 0 unspecified atom stereocenters. The predicted octanol–water partition coefficient (Wildman–Crippen LogP) is 3.12. The highest BCUT2D eigenvalue weighted by atomic mass is 32.1. The van der Waals surface area contributed by atoms with Gasteiger partial charge in [0, 0.05) is 6.07 Å².